The van der Waals surface area contributed by atoms with Gasteiger partial charge < -0.3 is 0 Å². The van der Waals surface area contributed by atoms with E-state index in [4.69, 9.17) is 11.6 Å². The van der Waals surface area contributed by atoms with Gasteiger partial charge in [-0.1, -0.05) is 27.5 Å². The van der Waals surface area contributed by atoms with E-state index in [0.717, 1.165) is 12.1 Å². The van der Waals surface area contributed by atoms with E-state index < -0.39 is 11.7 Å². The summed E-state index contributed by atoms with van der Waals surface area (Å²) in [5, 5.41) is 0.0983. The number of halogens is 5. The quantitative estimate of drug-likeness (QED) is 0.650. The summed E-state index contributed by atoms with van der Waals surface area (Å²) in [5.41, 5.74) is -0.198. The highest BCUT2D eigenvalue weighted by Crippen LogP contribution is 2.34. The third-order valence-corrected chi connectivity index (χ3v) is 2.45. The molecule has 5 heteroatoms. The zero-order valence-corrected chi connectivity index (χ0v) is 9.54. The third-order valence-electron chi connectivity index (χ3n) is 1.71. The summed E-state index contributed by atoms with van der Waals surface area (Å²) in [6.07, 6.45) is -4.35. The molecule has 1 rings (SSSR count). The molecule has 0 spiro atoms. The van der Waals surface area contributed by atoms with Crippen molar-refractivity contribution in [1.29, 1.82) is 0 Å². The lowest BCUT2D eigenvalue weighted by Crippen LogP contribution is -2.05. The van der Waals surface area contributed by atoms with Gasteiger partial charge in [0.1, 0.15) is 0 Å². The smallest absolute Gasteiger partial charge is 0.166 e. The molecule has 0 amide bonds. The topological polar surface area (TPSA) is 0 Å². The Kier molecular flexibility index (Phi) is 3.48. The molecular formula is C9H7BrClF3. The van der Waals surface area contributed by atoms with Crippen LogP contribution < -0.4 is 0 Å². The molecule has 0 aromatic heterocycles. The van der Waals surface area contributed by atoms with Crippen molar-refractivity contribution in [3.8, 4) is 0 Å². The molecule has 1 aromatic carbocycles. The first-order chi connectivity index (χ1) is 6.30. The van der Waals surface area contributed by atoms with Crippen molar-refractivity contribution in [2.45, 2.75) is 17.9 Å². The van der Waals surface area contributed by atoms with Gasteiger partial charge in [0, 0.05) is 9.85 Å². The van der Waals surface area contributed by atoms with E-state index in [-0.39, 0.29) is 9.85 Å². The van der Waals surface area contributed by atoms with E-state index in [1.165, 1.54) is 6.07 Å². The van der Waals surface area contributed by atoms with Gasteiger partial charge in [-0.15, -0.1) is 0 Å². The normalized spacial score (nSPS) is 14.1. The van der Waals surface area contributed by atoms with E-state index in [1.54, 1.807) is 6.92 Å². The highest BCUT2D eigenvalue weighted by atomic mass is 79.9. The molecule has 0 radical (unpaired) electrons. The Labute approximate surface area is 93.2 Å². The van der Waals surface area contributed by atoms with Crippen LogP contribution in [0.2, 0.25) is 5.02 Å². The lowest BCUT2D eigenvalue weighted by atomic mass is 10.1. The van der Waals surface area contributed by atoms with Crippen molar-refractivity contribution >= 4 is 27.5 Å². The van der Waals surface area contributed by atoms with E-state index in [9.17, 15) is 13.2 Å². The van der Waals surface area contributed by atoms with Crippen LogP contribution in [0, 0.1) is 0 Å². The Morgan fingerprint density at radius 2 is 1.86 bits per heavy atom. The number of rotatable bonds is 1. The summed E-state index contributed by atoms with van der Waals surface area (Å²) in [7, 11) is 0. The third kappa shape index (κ3) is 2.89. The van der Waals surface area contributed by atoms with Gasteiger partial charge in [0.2, 0.25) is 0 Å². The first-order valence-corrected chi connectivity index (χ1v) is 5.12. The van der Waals surface area contributed by atoms with Crippen molar-refractivity contribution in [3.63, 3.8) is 0 Å². The molecule has 14 heavy (non-hydrogen) atoms. The van der Waals surface area contributed by atoms with Crippen molar-refractivity contribution in [3.05, 3.63) is 34.3 Å². The second-order valence-corrected chi connectivity index (χ2v) is 4.70. The van der Waals surface area contributed by atoms with Crippen LogP contribution in [0.1, 0.15) is 22.9 Å². The van der Waals surface area contributed by atoms with Crippen LogP contribution in [0.4, 0.5) is 13.2 Å². The second-order valence-electron chi connectivity index (χ2n) is 2.89. The van der Waals surface area contributed by atoms with E-state index >= 15 is 0 Å². The Hall–Kier alpha value is -0.220. The summed E-state index contributed by atoms with van der Waals surface area (Å²) in [6, 6.07) is 3.52. The molecule has 0 bridgehead atoms. The maximum Gasteiger partial charge on any atom is 0.416 e. The monoisotopic (exact) mass is 286 g/mol. The second kappa shape index (κ2) is 4.11. The zero-order chi connectivity index (χ0) is 10.9. The van der Waals surface area contributed by atoms with Gasteiger partial charge in [0.15, 0.2) is 0 Å². The van der Waals surface area contributed by atoms with Crippen LogP contribution in [-0.2, 0) is 6.18 Å². The molecule has 0 N–H and O–H groups in total. The van der Waals surface area contributed by atoms with Crippen LogP contribution in [0.5, 0.6) is 0 Å². The first-order valence-electron chi connectivity index (χ1n) is 3.82. The molecule has 0 nitrogen and oxygen atoms in total. The van der Waals surface area contributed by atoms with Crippen LogP contribution in [-0.4, -0.2) is 0 Å². The standard InChI is InChI=1S/C9H7BrClF3/c1-5(10)6-2-7(9(12,13)14)4-8(11)3-6/h2-5H,1H3. The molecular weight excluding hydrogens is 280 g/mol. The minimum atomic E-state index is -4.35. The summed E-state index contributed by atoms with van der Waals surface area (Å²) < 4.78 is 37.0. The maximum atomic E-state index is 12.3. The molecule has 0 saturated carbocycles. The summed E-state index contributed by atoms with van der Waals surface area (Å²) in [4.78, 5) is -0.151. The van der Waals surface area contributed by atoms with Gasteiger partial charge in [-0.05, 0) is 30.7 Å². The number of benzene rings is 1. The van der Waals surface area contributed by atoms with Crippen LogP contribution >= 0.6 is 27.5 Å². The van der Waals surface area contributed by atoms with Crippen molar-refractivity contribution in [1.82, 2.24) is 0 Å². The van der Waals surface area contributed by atoms with E-state index in [2.05, 4.69) is 15.9 Å². The van der Waals surface area contributed by atoms with Crippen LogP contribution in [0.25, 0.3) is 0 Å². The first kappa shape index (κ1) is 11.9. The van der Waals surface area contributed by atoms with Gasteiger partial charge in [-0.3, -0.25) is 0 Å². The molecule has 1 atom stereocenters. The predicted molar refractivity (Wildman–Crippen MR) is 53.8 cm³/mol. The summed E-state index contributed by atoms with van der Waals surface area (Å²) in [6.45, 7) is 1.74. The Balaban J connectivity index is 3.21. The van der Waals surface area contributed by atoms with Gasteiger partial charge in [0.05, 0.1) is 5.56 Å². The Morgan fingerprint density at radius 1 is 1.29 bits per heavy atom. The van der Waals surface area contributed by atoms with Crippen molar-refractivity contribution < 1.29 is 13.2 Å². The predicted octanol–water partition coefficient (Wildman–Crippen LogP) is 4.81. The minimum Gasteiger partial charge on any atom is -0.166 e. The molecule has 78 valence electrons. The van der Waals surface area contributed by atoms with Gasteiger partial charge >= 0.3 is 6.18 Å². The molecule has 0 aliphatic rings. The van der Waals surface area contributed by atoms with Gasteiger partial charge in [-0.2, -0.15) is 13.2 Å². The largest absolute Gasteiger partial charge is 0.416 e. The minimum absolute atomic E-state index is 0.0983. The highest BCUT2D eigenvalue weighted by Gasteiger charge is 2.31. The summed E-state index contributed by atoms with van der Waals surface area (Å²) in [5.74, 6) is 0. The van der Waals surface area contributed by atoms with Gasteiger partial charge in [0.25, 0.3) is 0 Å². The molecule has 1 aromatic rings. The van der Waals surface area contributed by atoms with Crippen LogP contribution in [0.3, 0.4) is 0 Å². The maximum absolute atomic E-state index is 12.3. The highest BCUT2D eigenvalue weighted by molar-refractivity contribution is 9.09. The van der Waals surface area contributed by atoms with E-state index in [0.29, 0.717) is 5.56 Å². The van der Waals surface area contributed by atoms with Crippen molar-refractivity contribution in [2.24, 2.45) is 0 Å². The fourth-order valence-corrected chi connectivity index (χ4v) is 1.51. The number of hydrogen-bond donors (Lipinski definition) is 0. The molecule has 1 unspecified atom stereocenters. The van der Waals surface area contributed by atoms with Crippen molar-refractivity contribution in [2.75, 3.05) is 0 Å². The molecule has 0 fully saturated rings. The Morgan fingerprint density at radius 3 is 2.29 bits per heavy atom. The molecule has 0 saturated heterocycles. The molecule has 0 heterocycles. The fourth-order valence-electron chi connectivity index (χ4n) is 1.01. The average Bonchev–Trinajstić information content (AvgIpc) is 2.01. The number of hydrogen-bond acceptors (Lipinski definition) is 0. The lowest BCUT2D eigenvalue weighted by Gasteiger charge is -2.10. The van der Waals surface area contributed by atoms with Crippen LogP contribution in [0.15, 0.2) is 18.2 Å². The molecule has 0 aliphatic heterocycles. The van der Waals surface area contributed by atoms with Gasteiger partial charge in [-0.25, -0.2) is 0 Å². The number of alkyl halides is 4. The zero-order valence-electron chi connectivity index (χ0n) is 7.20. The average molecular weight is 288 g/mol. The van der Waals surface area contributed by atoms with E-state index in [1.807, 2.05) is 0 Å². The SMILES string of the molecule is CC(Br)c1cc(Cl)cc(C(F)(F)F)c1. The molecule has 0 aliphatic carbocycles. The summed E-state index contributed by atoms with van der Waals surface area (Å²) >= 11 is 8.77. The fraction of sp³-hybridized carbons (Fsp3) is 0.333. The Bertz CT molecular complexity index is 333. The lowest BCUT2D eigenvalue weighted by molar-refractivity contribution is -0.137.